The van der Waals surface area contributed by atoms with Gasteiger partial charge in [-0.2, -0.15) is 4.31 Å². The molecule has 0 unspecified atom stereocenters. The Labute approximate surface area is 241 Å². The topological polar surface area (TPSA) is 149 Å². The van der Waals surface area contributed by atoms with Crippen LogP contribution >= 0.6 is 0 Å². The Morgan fingerprint density at radius 2 is 1.69 bits per heavy atom. The third kappa shape index (κ3) is 7.22. The van der Waals surface area contributed by atoms with Gasteiger partial charge in [-0.25, -0.2) is 22.4 Å². The van der Waals surface area contributed by atoms with Crippen molar-refractivity contribution in [3.63, 3.8) is 0 Å². The van der Waals surface area contributed by atoms with E-state index < -0.39 is 51.8 Å². The fourth-order valence-corrected chi connectivity index (χ4v) is 6.11. The largest absolute Gasteiger partial charge is 0.480 e. The molecule has 4 rings (SSSR count). The van der Waals surface area contributed by atoms with Gasteiger partial charge < -0.3 is 24.6 Å². The molecular weight excluding hydrogens is 571 g/mol. The smallest absolute Gasteiger partial charge is 0.410 e. The summed E-state index contributed by atoms with van der Waals surface area (Å²) in [7, 11) is -4.04. The van der Waals surface area contributed by atoms with E-state index >= 15 is 0 Å². The predicted molar refractivity (Wildman–Crippen MR) is 146 cm³/mol. The molecule has 1 aliphatic rings. The zero-order valence-corrected chi connectivity index (χ0v) is 23.5. The van der Waals surface area contributed by atoms with Gasteiger partial charge >= 0.3 is 18.0 Å². The molecule has 3 aromatic carbocycles. The second-order valence-electron chi connectivity index (χ2n) is 9.66. The number of hydrogen-bond acceptors (Lipinski definition) is 8. The molecule has 1 aliphatic heterocycles. The van der Waals surface area contributed by atoms with Crippen LogP contribution in [0.25, 0.3) is 0 Å². The highest BCUT2D eigenvalue weighted by molar-refractivity contribution is 7.89. The van der Waals surface area contributed by atoms with Crippen LogP contribution in [0.3, 0.4) is 0 Å². The van der Waals surface area contributed by atoms with E-state index in [1.165, 1.54) is 53.7 Å². The van der Waals surface area contributed by atoms with Gasteiger partial charge in [0.15, 0.2) is 5.60 Å². The number of halogens is 1. The fraction of sp³-hybridized carbons (Fsp3) is 0.276. The number of benzene rings is 3. The summed E-state index contributed by atoms with van der Waals surface area (Å²) in [4.78, 5) is 34.8. The number of alkyl carbamates (subject to hydrolysis) is 1. The average molecular weight is 601 g/mol. The quantitative estimate of drug-likeness (QED) is 0.249. The van der Waals surface area contributed by atoms with Crippen LogP contribution in [0.2, 0.25) is 0 Å². The highest BCUT2D eigenvalue weighted by Crippen LogP contribution is 2.40. The van der Waals surface area contributed by atoms with Gasteiger partial charge in [0.2, 0.25) is 16.3 Å². The summed E-state index contributed by atoms with van der Waals surface area (Å²) < 4.78 is 57.9. The van der Waals surface area contributed by atoms with E-state index in [9.17, 15) is 32.3 Å². The normalized spacial score (nSPS) is 15.9. The molecule has 0 aliphatic carbocycles. The Bertz CT molecular complexity index is 1560. The molecule has 0 spiro atoms. The number of carboxylic acids is 1. The molecule has 13 heteroatoms. The highest BCUT2D eigenvalue weighted by Gasteiger charge is 2.52. The molecule has 42 heavy (non-hydrogen) atoms. The van der Waals surface area contributed by atoms with E-state index in [4.69, 9.17) is 9.47 Å². The van der Waals surface area contributed by atoms with Crippen molar-refractivity contribution in [2.45, 2.75) is 43.1 Å². The van der Waals surface area contributed by atoms with E-state index in [1.807, 2.05) is 6.07 Å². The minimum atomic E-state index is -4.04. The minimum Gasteiger partial charge on any atom is -0.480 e. The maximum absolute atomic E-state index is 13.8. The molecule has 2 atom stereocenters. The molecule has 0 radical (unpaired) electrons. The standard InChI is InChI=1S/C29H29FN2O9S/c1-19(33)39-20(2)40-28(36)31-26(27(34)35)15-21-8-6-13-25(14-21)42(37,38)32-17-29(18-32,22-9-4-3-5-10-22)41-24-12-7-11-23(30)16-24/h3-14,16,20,26H,15,17-18H2,1-2H3,(H,31,36)(H,34,35)/t20-,26+/m1/s1. The lowest BCUT2D eigenvalue weighted by Gasteiger charge is -2.48. The maximum Gasteiger partial charge on any atom is 0.410 e. The van der Waals surface area contributed by atoms with Crippen molar-refractivity contribution in [3.05, 3.63) is 95.8 Å². The van der Waals surface area contributed by atoms with E-state index in [0.29, 0.717) is 5.56 Å². The first-order valence-corrected chi connectivity index (χ1v) is 14.3. The second kappa shape index (κ2) is 12.6. The second-order valence-corrected chi connectivity index (χ2v) is 11.6. The van der Waals surface area contributed by atoms with Crippen molar-refractivity contribution >= 4 is 28.1 Å². The number of ether oxygens (including phenoxy) is 3. The number of amides is 1. The van der Waals surface area contributed by atoms with Crippen molar-refractivity contribution in [2.24, 2.45) is 0 Å². The van der Waals surface area contributed by atoms with E-state index in [-0.39, 0.29) is 30.2 Å². The van der Waals surface area contributed by atoms with Crippen molar-refractivity contribution in [3.8, 4) is 5.75 Å². The lowest BCUT2D eigenvalue weighted by atomic mass is 9.87. The Hall–Kier alpha value is -4.49. The summed E-state index contributed by atoms with van der Waals surface area (Å²) in [6.07, 6.45) is -2.63. The Morgan fingerprint density at radius 3 is 2.33 bits per heavy atom. The number of sulfonamides is 1. The molecule has 2 N–H and O–H groups in total. The average Bonchev–Trinajstić information content (AvgIpc) is 2.90. The number of esters is 1. The molecule has 1 heterocycles. The summed E-state index contributed by atoms with van der Waals surface area (Å²) in [6.45, 7) is 2.31. The maximum atomic E-state index is 13.8. The molecule has 0 saturated carbocycles. The van der Waals surface area contributed by atoms with Crippen molar-refractivity contribution in [1.29, 1.82) is 0 Å². The number of aliphatic carboxylic acids is 1. The molecule has 3 aromatic rings. The van der Waals surface area contributed by atoms with Gasteiger partial charge in [0.1, 0.15) is 17.6 Å². The number of carboxylic acid groups (broad SMARTS) is 1. The van der Waals surface area contributed by atoms with Gasteiger partial charge in [0.05, 0.1) is 18.0 Å². The Morgan fingerprint density at radius 1 is 1.00 bits per heavy atom. The highest BCUT2D eigenvalue weighted by atomic mass is 32.2. The minimum absolute atomic E-state index is 0.0498. The van der Waals surface area contributed by atoms with Crippen LogP contribution < -0.4 is 10.1 Å². The van der Waals surface area contributed by atoms with Crippen LogP contribution in [-0.2, 0) is 41.1 Å². The van der Waals surface area contributed by atoms with Gasteiger partial charge in [-0.15, -0.1) is 0 Å². The molecule has 1 saturated heterocycles. The molecule has 1 fully saturated rings. The zero-order valence-electron chi connectivity index (χ0n) is 22.7. The number of nitrogens with one attached hydrogen (secondary N) is 1. The van der Waals surface area contributed by atoms with E-state index in [2.05, 4.69) is 10.1 Å². The van der Waals surface area contributed by atoms with Gasteiger partial charge in [0, 0.05) is 26.3 Å². The van der Waals surface area contributed by atoms with Crippen LogP contribution in [0.4, 0.5) is 9.18 Å². The third-order valence-corrected chi connectivity index (χ3v) is 8.23. The molecule has 0 aromatic heterocycles. The number of hydrogen-bond donors (Lipinski definition) is 2. The van der Waals surface area contributed by atoms with Crippen LogP contribution in [-0.4, -0.2) is 61.3 Å². The summed E-state index contributed by atoms with van der Waals surface area (Å²) in [5.41, 5.74) is -0.0100. The number of carbonyl (C=O) groups is 3. The van der Waals surface area contributed by atoms with E-state index in [1.54, 1.807) is 30.3 Å². The van der Waals surface area contributed by atoms with Gasteiger partial charge in [-0.05, 0) is 35.4 Å². The van der Waals surface area contributed by atoms with Crippen LogP contribution in [0, 0.1) is 5.82 Å². The Kier molecular flexibility index (Phi) is 9.12. The number of carbonyl (C=O) groups excluding carboxylic acids is 2. The van der Waals surface area contributed by atoms with E-state index in [0.717, 1.165) is 12.5 Å². The van der Waals surface area contributed by atoms with Gasteiger partial charge in [0.25, 0.3) is 0 Å². The monoisotopic (exact) mass is 600 g/mol. The van der Waals surface area contributed by atoms with Crippen LogP contribution in [0.1, 0.15) is 25.0 Å². The molecule has 11 nitrogen and oxygen atoms in total. The SMILES string of the molecule is CC(=O)O[C@@H](C)OC(=O)N[C@@H](Cc1cccc(S(=O)(=O)N2CC(Oc3cccc(F)c3)(c3ccccc3)C2)c1)C(=O)O. The molecule has 0 bridgehead atoms. The summed E-state index contributed by atoms with van der Waals surface area (Å²) >= 11 is 0. The first kappa shape index (κ1) is 30.5. The first-order valence-electron chi connectivity index (χ1n) is 12.8. The summed E-state index contributed by atoms with van der Waals surface area (Å²) in [5.74, 6) is -2.30. The molecule has 1 amide bonds. The number of nitrogens with zero attached hydrogens (tertiary/aromatic N) is 1. The van der Waals surface area contributed by atoms with Crippen LogP contribution in [0.5, 0.6) is 5.75 Å². The predicted octanol–water partition coefficient (Wildman–Crippen LogP) is 3.44. The van der Waals surface area contributed by atoms with Crippen molar-refractivity contribution in [2.75, 3.05) is 13.1 Å². The van der Waals surface area contributed by atoms with Crippen LogP contribution in [0.15, 0.2) is 83.8 Å². The lowest BCUT2D eigenvalue weighted by molar-refractivity contribution is -0.162. The number of rotatable bonds is 11. The fourth-order valence-electron chi connectivity index (χ4n) is 4.50. The third-order valence-electron chi connectivity index (χ3n) is 6.44. The zero-order chi connectivity index (χ0) is 30.5. The summed E-state index contributed by atoms with van der Waals surface area (Å²) in [6, 6.07) is 18.9. The van der Waals surface area contributed by atoms with Gasteiger partial charge in [-0.1, -0.05) is 48.5 Å². The molecule has 222 valence electrons. The van der Waals surface area contributed by atoms with Gasteiger partial charge in [-0.3, -0.25) is 4.79 Å². The first-order chi connectivity index (χ1) is 19.9. The van der Waals surface area contributed by atoms with Crippen molar-refractivity contribution < 1.29 is 46.5 Å². The lowest BCUT2D eigenvalue weighted by Crippen LogP contribution is -2.64. The Balaban J connectivity index is 1.49. The molecular formula is C29H29FN2O9S. The summed E-state index contributed by atoms with van der Waals surface area (Å²) in [5, 5.41) is 11.8. The van der Waals surface area contributed by atoms with Crippen molar-refractivity contribution in [1.82, 2.24) is 9.62 Å².